The molecule has 1 heterocycles. The van der Waals surface area contributed by atoms with Crippen molar-refractivity contribution >= 4 is 21.6 Å². The molecule has 0 radical (unpaired) electrons. The molecule has 102 valence electrons. The van der Waals surface area contributed by atoms with Crippen molar-refractivity contribution in [2.45, 2.75) is 55.6 Å². The Bertz CT molecular complexity index is 500. The third-order valence-electron chi connectivity index (χ3n) is 3.24. The van der Waals surface area contributed by atoms with Crippen LogP contribution >= 0.6 is 11.6 Å². The number of aryl methyl sites for hydroxylation is 1. The maximum atomic E-state index is 12.1. The summed E-state index contributed by atoms with van der Waals surface area (Å²) < 4.78 is 28.7. The van der Waals surface area contributed by atoms with E-state index in [1.807, 2.05) is 6.92 Å². The van der Waals surface area contributed by atoms with Gasteiger partial charge in [0.2, 0.25) is 0 Å². The second-order valence-corrected chi connectivity index (χ2v) is 6.79. The Labute approximate surface area is 113 Å². The van der Waals surface area contributed by atoms with Crippen LogP contribution in [-0.2, 0) is 16.6 Å². The highest BCUT2D eigenvalue weighted by Gasteiger charge is 2.29. The largest absolute Gasteiger partial charge is 0.336 e. The van der Waals surface area contributed by atoms with E-state index >= 15 is 0 Å². The van der Waals surface area contributed by atoms with Gasteiger partial charge in [0, 0.05) is 24.2 Å². The van der Waals surface area contributed by atoms with E-state index in [-0.39, 0.29) is 16.4 Å². The zero-order valence-electron chi connectivity index (χ0n) is 10.3. The number of nitrogens with zero attached hydrogens (tertiary/aromatic N) is 2. The molecule has 1 aromatic rings. The lowest BCUT2D eigenvalue weighted by Crippen LogP contribution is -2.42. The minimum atomic E-state index is -3.55. The molecule has 1 fully saturated rings. The third kappa shape index (κ3) is 3.05. The molecule has 0 bridgehead atoms. The van der Waals surface area contributed by atoms with Crippen LogP contribution in [0, 0.1) is 0 Å². The molecule has 1 aliphatic rings. The van der Waals surface area contributed by atoms with Gasteiger partial charge >= 0.3 is 0 Å². The molecule has 0 aliphatic heterocycles. The molecular formula is C11H18ClN3O2S. The minimum absolute atomic E-state index is 0.0683. The van der Waals surface area contributed by atoms with E-state index in [0.29, 0.717) is 6.54 Å². The molecule has 1 N–H and O–H groups in total. The zero-order chi connectivity index (χ0) is 13.2. The summed E-state index contributed by atoms with van der Waals surface area (Å²) in [5, 5.41) is -0.0550. The number of nitrogens with one attached hydrogen (secondary N) is 1. The maximum Gasteiger partial charge on any atom is 0.259 e. The van der Waals surface area contributed by atoms with Crippen molar-refractivity contribution in [3.05, 3.63) is 12.5 Å². The zero-order valence-corrected chi connectivity index (χ0v) is 11.9. The Morgan fingerprint density at radius 2 is 2.22 bits per heavy atom. The van der Waals surface area contributed by atoms with Gasteiger partial charge < -0.3 is 4.57 Å². The van der Waals surface area contributed by atoms with Gasteiger partial charge in [-0.15, -0.1) is 11.6 Å². The van der Waals surface area contributed by atoms with Gasteiger partial charge in [-0.3, -0.25) is 0 Å². The second-order valence-electron chi connectivity index (χ2n) is 4.57. The summed E-state index contributed by atoms with van der Waals surface area (Å²) in [7, 11) is -3.55. The quantitative estimate of drug-likeness (QED) is 0.859. The van der Waals surface area contributed by atoms with Crippen molar-refractivity contribution in [2.75, 3.05) is 0 Å². The van der Waals surface area contributed by atoms with E-state index in [1.165, 1.54) is 12.5 Å². The predicted octanol–water partition coefficient (Wildman–Crippen LogP) is 1.73. The lowest BCUT2D eigenvalue weighted by Gasteiger charge is -2.27. The number of rotatable bonds is 4. The van der Waals surface area contributed by atoms with Crippen LogP contribution in [-0.4, -0.2) is 29.4 Å². The normalized spacial score (nSPS) is 25.2. The van der Waals surface area contributed by atoms with E-state index in [2.05, 4.69) is 9.71 Å². The Morgan fingerprint density at radius 3 is 2.83 bits per heavy atom. The molecule has 0 spiro atoms. The summed E-state index contributed by atoms with van der Waals surface area (Å²) in [6.45, 7) is 2.63. The van der Waals surface area contributed by atoms with Gasteiger partial charge in [-0.1, -0.05) is 12.8 Å². The molecule has 1 aromatic heterocycles. The highest BCUT2D eigenvalue weighted by atomic mass is 35.5. The van der Waals surface area contributed by atoms with Crippen LogP contribution in [0.1, 0.15) is 32.6 Å². The van der Waals surface area contributed by atoms with E-state index in [0.717, 1.165) is 25.7 Å². The first-order chi connectivity index (χ1) is 8.53. The van der Waals surface area contributed by atoms with Gasteiger partial charge in [0.15, 0.2) is 5.03 Å². The van der Waals surface area contributed by atoms with Gasteiger partial charge in [0.05, 0.1) is 6.33 Å². The summed E-state index contributed by atoms with van der Waals surface area (Å²) in [6, 6.07) is -0.183. The molecule has 0 saturated heterocycles. The van der Waals surface area contributed by atoms with Gasteiger partial charge in [-0.25, -0.2) is 18.1 Å². The highest BCUT2D eigenvalue weighted by Crippen LogP contribution is 2.24. The number of halogens is 1. The summed E-state index contributed by atoms with van der Waals surface area (Å²) in [5.41, 5.74) is 0. The van der Waals surface area contributed by atoms with E-state index in [4.69, 9.17) is 11.6 Å². The first kappa shape index (κ1) is 13.8. The minimum Gasteiger partial charge on any atom is -0.336 e. The highest BCUT2D eigenvalue weighted by molar-refractivity contribution is 7.89. The number of hydrogen-bond acceptors (Lipinski definition) is 3. The summed E-state index contributed by atoms with van der Waals surface area (Å²) in [5.74, 6) is 0. The monoisotopic (exact) mass is 291 g/mol. The van der Waals surface area contributed by atoms with E-state index in [1.54, 1.807) is 4.57 Å². The first-order valence-electron chi connectivity index (χ1n) is 6.21. The van der Waals surface area contributed by atoms with Crippen molar-refractivity contribution in [3.63, 3.8) is 0 Å². The van der Waals surface area contributed by atoms with Crippen molar-refractivity contribution in [1.82, 2.24) is 14.3 Å². The summed E-state index contributed by atoms with van der Waals surface area (Å²) >= 11 is 6.16. The Morgan fingerprint density at radius 1 is 1.50 bits per heavy atom. The fraction of sp³-hybridized carbons (Fsp3) is 0.727. The molecular weight excluding hydrogens is 274 g/mol. The number of hydrogen-bond donors (Lipinski definition) is 1. The van der Waals surface area contributed by atoms with Gasteiger partial charge in [-0.05, 0) is 19.8 Å². The van der Waals surface area contributed by atoms with Crippen LogP contribution in [0.5, 0.6) is 0 Å². The summed E-state index contributed by atoms with van der Waals surface area (Å²) in [6.07, 6.45) is 6.79. The van der Waals surface area contributed by atoms with Gasteiger partial charge in [-0.2, -0.15) is 0 Å². The molecule has 0 aromatic carbocycles. The van der Waals surface area contributed by atoms with E-state index in [9.17, 15) is 8.42 Å². The molecule has 2 rings (SSSR count). The van der Waals surface area contributed by atoms with Crippen LogP contribution in [0.3, 0.4) is 0 Å². The average molecular weight is 292 g/mol. The molecule has 2 unspecified atom stereocenters. The van der Waals surface area contributed by atoms with Crippen LogP contribution < -0.4 is 4.72 Å². The van der Waals surface area contributed by atoms with Crippen molar-refractivity contribution in [2.24, 2.45) is 0 Å². The Kier molecular flexibility index (Phi) is 4.29. The van der Waals surface area contributed by atoms with Crippen LogP contribution in [0.15, 0.2) is 17.6 Å². The molecule has 7 heteroatoms. The van der Waals surface area contributed by atoms with Crippen molar-refractivity contribution in [3.8, 4) is 0 Å². The van der Waals surface area contributed by atoms with Crippen LogP contribution in [0.2, 0.25) is 0 Å². The molecule has 18 heavy (non-hydrogen) atoms. The van der Waals surface area contributed by atoms with Crippen molar-refractivity contribution < 1.29 is 8.42 Å². The standard InChI is InChI=1S/C11H18ClN3O2S/c1-2-15-7-11(13-8-15)18(16,17)14-10-6-4-3-5-9(10)12/h7-10,14H,2-6H2,1H3. The average Bonchev–Trinajstić information content (AvgIpc) is 2.81. The number of imidazole rings is 1. The third-order valence-corrected chi connectivity index (χ3v) is 5.14. The van der Waals surface area contributed by atoms with Crippen molar-refractivity contribution in [1.29, 1.82) is 0 Å². The first-order valence-corrected chi connectivity index (χ1v) is 8.13. The molecule has 2 atom stereocenters. The number of aromatic nitrogens is 2. The topological polar surface area (TPSA) is 64.0 Å². The fourth-order valence-corrected chi connectivity index (χ4v) is 3.81. The lowest BCUT2D eigenvalue weighted by molar-refractivity contribution is 0.418. The number of alkyl halides is 1. The van der Waals surface area contributed by atoms with Crippen LogP contribution in [0.25, 0.3) is 0 Å². The fourth-order valence-electron chi connectivity index (χ4n) is 2.13. The SMILES string of the molecule is CCn1cnc(S(=O)(=O)NC2CCCCC2Cl)c1. The Balaban J connectivity index is 2.11. The maximum absolute atomic E-state index is 12.1. The number of sulfonamides is 1. The van der Waals surface area contributed by atoms with Gasteiger partial charge in [0.1, 0.15) is 0 Å². The molecule has 5 nitrogen and oxygen atoms in total. The summed E-state index contributed by atoms with van der Waals surface area (Å²) in [4.78, 5) is 3.92. The lowest BCUT2D eigenvalue weighted by atomic mass is 9.96. The predicted molar refractivity (Wildman–Crippen MR) is 70.1 cm³/mol. The van der Waals surface area contributed by atoms with Crippen LogP contribution in [0.4, 0.5) is 0 Å². The van der Waals surface area contributed by atoms with Gasteiger partial charge in [0.25, 0.3) is 10.0 Å². The smallest absolute Gasteiger partial charge is 0.259 e. The molecule has 1 aliphatic carbocycles. The van der Waals surface area contributed by atoms with E-state index < -0.39 is 10.0 Å². The molecule has 1 saturated carbocycles. The molecule has 0 amide bonds. The second kappa shape index (κ2) is 5.59. The Hall–Kier alpha value is -0.590.